The molecule has 0 saturated heterocycles. The quantitative estimate of drug-likeness (QED) is 0.732. The van der Waals surface area contributed by atoms with E-state index in [-0.39, 0.29) is 23.6 Å². The van der Waals surface area contributed by atoms with Crippen LogP contribution in [0.2, 0.25) is 0 Å². The van der Waals surface area contributed by atoms with Crippen molar-refractivity contribution in [1.29, 1.82) is 0 Å². The third-order valence-corrected chi connectivity index (χ3v) is 5.47. The Bertz CT molecular complexity index is 794. The van der Waals surface area contributed by atoms with E-state index in [1.807, 2.05) is 38.3 Å². The van der Waals surface area contributed by atoms with Gasteiger partial charge in [-0.1, -0.05) is 32.0 Å². The van der Waals surface area contributed by atoms with Crippen LogP contribution in [0.5, 0.6) is 0 Å². The molecule has 0 spiro atoms. The molecule has 1 atom stereocenters. The molecule has 26 heavy (non-hydrogen) atoms. The number of hydrogen-bond donors (Lipinski definition) is 0. The first-order chi connectivity index (χ1) is 12.5. The Balaban J connectivity index is 1.91. The fraction of sp³-hybridized carbons (Fsp3) is 0.350. The number of carbonyl (C=O) groups excluding carboxylic acids is 3. The highest BCUT2D eigenvalue weighted by Gasteiger charge is 2.44. The fourth-order valence-electron chi connectivity index (χ4n) is 3.28. The molecule has 0 N–H and O–H groups in total. The smallest absolute Gasteiger partial charge is 0.262 e. The summed E-state index contributed by atoms with van der Waals surface area (Å²) in [4.78, 5) is 42.8. The van der Waals surface area contributed by atoms with Gasteiger partial charge in [-0.2, -0.15) is 0 Å². The van der Waals surface area contributed by atoms with Crippen molar-refractivity contribution in [2.45, 2.75) is 33.4 Å². The summed E-state index contributed by atoms with van der Waals surface area (Å²) in [5, 5.41) is 1.97. The van der Waals surface area contributed by atoms with Gasteiger partial charge in [0.25, 0.3) is 11.8 Å². The maximum Gasteiger partial charge on any atom is 0.262 e. The largest absolute Gasteiger partial charge is 0.336 e. The minimum absolute atomic E-state index is 0.179. The monoisotopic (exact) mass is 370 g/mol. The third kappa shape index (κ3) is 3.17. The second-order valence-electron chi connectivity index (χ2n) is 6.65. The standard InChI is InChI=1S/C20H22N2O3S/c1-4-21(12-14-8-7-11-26-14)20(25)17(13(2)3)22-18(23)15-9-5-6-10-16(15)19(22)24/h5-11,13,17H,4,12H2,1-3H3. The van der Waals surface area contributed by atoms with Gasteiger partial charge in [0.15, 0.2) is 0 Å². The number of benzene rings is 1. The lowest BCUT2D eigenvalue weighted by atomic mass is 10.0. The first-order valence-corrected chi connectivity index (χ1v) is 9.61. The second kappa shape index (κ2) is 7.41. The zero-order valence-electron chi connectivity index (χ0n) is 15.1. The lowest BCUT2D eigenvalue weighted by Gasteiger charge is -2.33. The molecule has 6 heteroatoms. The van der Waals surface area contributed by atoms with Crippen molar-refractivity contribution in [3.63, 3.8) is 0 Å². The summed E-state index contributed by atoms with van der Waals surface area (Å²) in [6.07, 6.45) is 0. The summed E-state index contributed by atoms with van der Waals surface area (Å²) in [5.74, 6) is -1.14. The van der Waals surface area contributed by atoms with E-state index in [0.29, 0.717) is 24.2 Å². The number of hydrogen-bond acceptors (Lipinski definition) is 4. The molecule has 0 saturated carbocycles. The number of likely N-dealkylation sites (N-methyl/N-ethyl adjacent to an activating group) is 1. The maximum absolute atomic E-state index is 13.3. The summed E-state index contributed by atoms with van der Waals surface area (Å²) in [6, 6.07) is 9.86. The summed E-state index contributed by atoms with van der Waals surface area (Å²) >= 11 is 1.59. The van der Waals surface area contributed by atoms with Crippen molar-refractivity contribution in [2.75, 3.05) is 6.54 Å². The number of carbonyl (C=O) groups is 3. The summed E-state index contributed by atoms with van der Waals surface area (Å²) < 4.78 is 0. The first kappa shape index (κ1) is 18.3. The van der Waals surface area contributed by atoms with Crippen LogP contribution in [0.4, 0.5) is 0 Å². The Kier molecular flexibility index (Phi) is 5.23. The molecule has 5 nitrogen and oxygen atoms in total. The third-order valence-electron chi connectivity index (χ3n) is 4.61. The molecule has 2 aromatic rings. The van der Waals surface area contributed by atoms with Gasteiger partial charge in [-0.15, -0.1) is 11.3 Å². The molecule has 1 aliphatic rings. The zero-order valence-corrected chi connectivity index (χ0v) is 16.0. The molecular weight excluding hydrogens is 348 g/mol. The molecule has 1 unspecified atom stereocenters. The molecule has 0 bridgehead atoms. The van der Waals surface area contributed by atoms with Crippen LogP contribution in [0.1, 0.15) is 46.4 Å². The van der Waals surface area contributed by atoms with E-state index in [1.54, 1.807) is 40.5 Å². The molecule has 0 radical (unpaired) electrons. The van der Waals surface area contributed by atoms with Crippen LogP contribution in [-0.2, 0) is 11.3 Å². The van der Waals surface area contributed by atoms with Crippen LogP contribution in [0, 0.1) is 5.92 Å². The van der Waals surface area contributed by atoms with Crippen molar-refractivity contribution in [2.24, 2.45) is 5.92 Å². The van der Waals surface area contributed by atoms with Crippen LogP contribution < -0.4 is 0 Å². The number of fused-ring (bicyclic) bond motifs is 1. The highest BCUT2D eigenvalue weighted by molar-refractivity contribution is 7.09. The van der Waals surface area contributed by atoms with Gasteiger partial charge in [0.1, 0.15) is 6.04 Å². The van der Waals surface area contributed by atoms with Crippen LogP contribution in [-0.4, -0.2) is 40.1 Å². The minimum atomic E-state index is -0.803. The Morgan fingerprint density at radius 3 is 2.15 bits per heavy atom. The molecule has 0 fully saturated rings. The van der Waals surface area contributed by atoms with Gasteiger partial charge in [0.05, 0.1) is 17.7 Å². The van der Waals surface area contributed by atoms with E-state index < -0.39 is 6.04 Å². The molecule has 1 aliphatic heterocycles. The topological polar surface area (TPSA) is 57.7 Å². The van der Waals surface area contributed by atoms with E-state index in [0.717, 1.165) is 9.78 Å². The normalized spacial score (nSPS) is 14.7. The number of rotatable bonds is 6. The van der Waals surface area contributed by atoms with E-state index in [1.165, 1.54) is 0 Å². The van der Waals surface area contributed by atoms with E-state index in [4.69, 9.17) is 0 Å². The molecule has 3 amide bonds. The number of nitrogens with zero attached hydrogens (tertiary/aromatic N) is 2. The molecular formula is C20H22N2O3S. The molecule has 3 rings (SSSR count). The zero-order chi connectivity index (χ0) is 18.8. The average Bonchev–Trinajstić information content (AvgIpc) is 3.22. The Morgan fingerprint density at radius 2 is 1.69 bits per heavy atom. The van der Waals surface area contributed by atoms with Crippen LogP contribution in [0.25, 0.3) is 0 Å². The second-order valence-corrected chi connectivity index (χ2v) is 7.68. The maximum atomic E-state index is 13.3. The van der Waals surface area contributed by atoms with Crippen molar-refractivity contribution in [3.8, 4) is 0 Å². The van der Waals surface area contributed by atoms with Crippen molar-refractivity contribution >= 4 is 29.1 Å². The van der Waals surface area contributed by atoms with Crippen LogP contribution in [0.3, 0.4) is 0 Å². The lowest BCUT2D eigenvalue weighted by Crippen LogP contribution is -2.53. The average molecular weight is 370 g/mol. The SMILES string of the molecule is CCN(Cc1cccs1)C(=O)C(C(C)C)N1C(=O)c2ccccc2C1=O. The van der Waals surface area contributed by atoms with E-state index >= 15 is 0 Å². The predicted molar refractivity (Wildman–Crippen MR) is 101 cm³/mol. The molecule has 1 aromatic carbocycles. The summed E-state index contributed by atoms with van der Waals surface area (Å²) in [7, 11) is 0. The van der Waals surface area contributed by atoms with Crippen LogP contribution in [0.15, 0.2) is 41.8 Å². The molecule has 2 heterocycles. The van der Waals surface area contributed by atoms with Gasteiger partial charge in [-0.25, -0.2) is 0 Å². The first-order valence-electron chi connectivity index (χ1n) is 8.73. The van der Waals surface area contributed by atoms with E-state index in [9.17, 15) is 14.4 Å². The van der Waals surface area contributed by atoms with Gasteiger partial charge in [0.2, 0.25) is 5.91 Å². The molecule has 136 valence electrons. The van der Waals surface area contributed by atoms with Crippen molar-refractivity contribution < 1.29 is 14.4 Å². The Morgan fingerprint density at radius 1 is 1.08 bits per heavy atom. The Labute approximate surface area is 157 Å². The van der Waals surface area contributed by atoms with Crippen LogP contribution >= 0.6 is 11.3 Å². The lowest BCUT2D eigenvalue weighted by molar-refractivity contribution is -0.137. The number of amides is 3. The van der Waals surface area contributed by atoms with Gasteiger partial charge < -0.3 is 4.90 Å². The fourth-order valence-corrected chi connectivity index (χ4v) is 4.00. The minimum Gasteiger partial charge on any atom is -0.336 e. The van der Waals surface area contributed by atoms with Gasteiger partial charge in [-0.3, -0.25) is 19.3 Å². The highest BCUT2D eigenvalue weighted by atomic mass is 32.1. The van der Waals surface area contributed by atoms with E-state index in [2.05, 4.69) is 0 Å². The van der Waals surface area contributed by atoms with Gasteiger partial charge in [0, 0.05) is 11.4 Å². The Hall–Kier alpha value is -2.47. The molecule has 0 aliphatic carbocycles. The summed E-state index contributed by atoms with van der Waals surface area (Å²) in [6.45, 7) is 6.64. The number of imide groups is 1. The summed E-state index contributed by atoms with van der Waals surface area (Å²) in [5.41, 5.74) is 0.745. The van der Waals surface area contributed by atoms with Gasteiger partial charge in [-0.05, 0) is 36.4 Å². The van der Waals surface area contributed by atoms with Crippen molar-refractivity contribution in [3.05, 3.63) is 57.8 Å². The number of thiophene rings is 1. The predicted octanol–water partition coefficient (Wildman–Crippen LogP) is 3.42. The molecule has 1 aromatic heterocycles. The highest BCUT2D eigenvalue weighted by Crippen LogP contribution is 2.28. The van der Waals surface area contributed by atoms with Gasteiger partial charge >= 0.3 is 0 Å². The van der Waals surface area contributed by atoms with Crippen molar-refractivity contribution in [1.82, 2.24) is 9.80 Å².